The van der Waals surface area contributed by atoms with Gasteiger partial charge < -0.3 is 19.7 Å². The second-order valence-electron chi connectivity index (χ2n) is 5.78. The van der Waals surface area contributed by atoms with E-state index in [2.05, 4.69) is 4.98 Å². The molecule has 2 N–H and O–H groups in total. The van der Waals surface area contributed by atoms with Gasteiger partial charge in [-0.05, 0) is 31.5 Å². The third-order valence-electron chi connectivity index (χ3n) is 4.34. The number of aromatic carboxylic acids is 1. The van der Waals surface area contributed by atoms with E-state index in [4.69, 9.17) is 5.11 Å². The molecule has 0 radical (unpaired) electrons. The van der Waals surface area contributed by atoms with Crippen molar-refractivity contribution in [2.24, 2.45) is 5.92 Å². The number of aliphatic hydroxyl groups excluding tert-OH is 1. The van der Waals surface area contributed by atoms with E-state index in [0.717, 1.165) is 6.42 Å². The fourth-order valence-corrected chi connectivity index (χ4v) is 3.06. The molecule has 1 aliphatic rings. The van der Waals surface area contributed by atoms with Crippen LogP contribution in [-0.4, -0.2) is 45.4 Å². The van der Waals surface area contributed by atoms with E-state index in [1.807, 2.05) is 11.8 Å². The van der Waals surface area contributed by atoms with Crippen molar-refractivity contribution < 1.29 is 15.0 Å². The Kier molecular flexibility index (Phi) is 4.04. The summed E-state index contributed by atoms with van der Waals surface area (Å²) in [5.74, 6) is -0.545. The third-order valence-corrected chi connectivity index (χ3v) is 4.34. The Morgan fingerprint density at radius 1 is 1.43 bits per heavy atom. The molecule has 2 aromatic rings. The quantitative estimate of drug-likeness (QED) is 0.871. The van der Waals surface area contributed by atoms with Crippen molar-refractivity contribution in [2.45, 2.75) is 19.9 Å². The molecule has 7 nitrogen and oxygen atoms in total. The van der Waals surface area contributed by atoms with Crippen molar-refractivity contribution >= 4 is 22.8 Å². The molecule has 1 atom stereocenters. The van der Waals surface area contributed by atoms with E-state index >= 15 is 0 Å². The molecule has 0 bridgehead atoms. The first-order valence-electron chi connectivity index (χ1n) is 7.68. The maximum atomic E-state index is 12.7. The van der Waals surface area contributed by atoms with Gasteiger partial charge in [-0.25, -0.2) is 9.78 Å². The van der Waals surface area contributed by atoms with E-state index < -0.39 is 5.97 Å². The fourth-order valence-electron chi connectivity index (χ4n) is 3.06. The first-order valence-corrected chi connectivity index (χ1v) is 7.68. The topological polar surface area (TPSA) is 95.7 Å². The molecule has 1 fully saturated rings. The van der Waals surface area contributed by atoms with Gasteiger partial charge in [-0.3, -0.25) is 4.79 Å². The Bertz CT molecular complexity index is 815. The van der Waals surface area contributed by atoms with Crippen molar-refractivity contribution in [1.82, 2.24) is 9.55 Å². The summed E-state index contributed by atoms with van der Waals surface area (Å²) in [4.78, 5) is 30.2. The molecule has 1 aromatic carbocycles. The van der Waals surface area contributed by atoms with Crippen LogP contribution in [0.4, 0.5) is 5.82 Å². The number of carboxylic acid groups (broad SMARTS) is 1. The molecule has 0 saturated carbocycles. The van der Waals surface area contributed by atoms with Crippen LogP contribution in [0.3, 0.4) is 0 Å². The van der Waals surface area contributed by atoms with Gasteiger partial charge >= 0.3 is 5.97 Å². The van der Waals surface area contributed by atoms with Crippen LogP contribution in [0.5, 0.6) is 0 Å². The smallest absolute Gasteiger partial charge is 0.335 e. The van der Waals surface area contributed by atoms with Crippen LogP contribution >= 0.6 is 0 Å². The molecule has 0 amide bonds. The van der Waals surface area contributed by atoms with Crippen LogP contribution in [0.15, 0.2) is 23.0 Å². The van der Waals surface area contributed by atoms with Gasteiger partial charge in [0.05, 0.1) is 16.6 Å². The summed E-state index contributed by atoms with van der Waals surface area (Å²) in [7, 11) is 0. The van der Waals surface area contributed by atoms with Gasteiger partial charge in [0.2, 0.25) is 0 Å². The van der Waals surface area contributed by atoms with E-state index in [1.165, 1.54) is 12.1 Å². The highest BCUT2D eigenvalue weighted by molar-refractivity contribution is 5.92. The van der Waals surface area contributed by atoms with Crippen molar-refractivity contribution in [3.05, 3.63) is 34.1 Å². The van der Waals surface area contributed by atoms with Crippen molar-refractivity contribution in [3.8, 4) is 0 Å². The molecule has 2 heterocycles. The van der Waals surface area contributed by atoms with Gasteiger partial charge in [0, 0.05) is 32.2 Å². The number of anilines is 1. The number of hydrogen-bond donors (Lipinski definition) is 2. The molecule has 0 spiro atoms. The van der Waals surface area contributed by atoms with Crippen molar-refractivity contribution in [2.75, 3.05) is 24.6 Å². The average molecular weight is 317 g/mol. The highest BCUT2D eigenvalue weighted by atomic mass is 16.4. The van der Waals surface area contributed by atoms with Crippen LogP contribution in [0.2, 0.25) is 0 Å². The lowest BCUT2D eigenvalue weighted by Gasteiger charge is -2.19. The predicted molar refractivity (Wildman–Crippen MR) is 86.0 cm³/mol. The summed E-state index contributed by atoms with van der Waals surface area (Å²) >= 11 is 0. The largest absolute Gasteiger partial charge is 0.478 e. The molecule has 122 valence electrons. The van der Waals surface area contributed by atoms with Gasteiger partial charge in [0.15, 0.2) is 5.82 Å². The molecule has 3 rings (SSSR count). The number of aliphatic hydroxyl groups is 1. The lowest BCUT2D eigenvalue weighted by Crippen LogP contribution is -2.32. The molecule has 1 aliphatic heterocycles. The first kappa shape index (κ1) is 15.5. The van der Waals surface area contributed by atoms with Gasteiger partial charge in [0.25, 0.3) is 5.56 Å². The van der Waals surface area contributed by atoms with Crippen LogP contribution in [0, 0.1) is 5.92 Å². The number of aromatic nitrogens is 2. The molecular formula is C16H19N3O4. The second-order valence-corrected chi connectivity index (χ2v) is 5.78. The third kappa shape index (κ3) is 2.68. The lowest BCUT2D eigenvalue weighted by atomic mass is 10.1. The number of carboxylic acids is 1. The maximum Gasteiger partial charge on any atom is 0.335 e. The maximum absolute atomic E-state index is 12.7. The zero-order valence-corrected chi connectivity index (χ0v) is 12.9. The average Bonchev–Trinajstić information content (AvgIpc) is 3.02. The van der Waals surface area contributed by atoms with Gasteiger partial charge in [-0.2, -0.15) is 0 Å². The molecule has 0 unspecified atom stereocenters. The molecular weight excluding hydrogens is 298 g/mol. The number of aryl methyl sites for hydroxylation is 1. The second kappa shape index (κ2) is 6.00. The minimum atomic E-state index is -1.02. The van der Waals surface area contributed by atoms with Crippen LogP contribution < -0.4 is 10.5 Å². The summed E-state index contributed by atoms with van der Waals surface area (Å²) in [5, 5.41) is 18.4. The number of carbonyl (C=O) groups is 1. The number of benzene rings is 1. The SMILES string of the molecule is CCn1c(=O)c(N2CC[C@H](CO)C2)nc2cc(C(=O)O)ccc21. The summed E-state index contributed by atoms with van der Waals surface area (Å²) in [6.07, 6.45) is 0.816. The predicted octanol–water partition coefficient (Wildman–Crippen LogP) is 0.933. The first-order chi connectivity index (χ1) is 11.0. The molecule has 7 heteroatoms. The van der Waals surface area contributed by atoms with Crippen molar-refractivity contribution in [1.29, 1.82) is 0 Å². The fraction of sp³-hybridized carbons (Fsp3) is 0.438. The summed E-state index contributed by atoms with van der Waals surface area (Å²) < 4.78 is 1.61. The summed E-state index contributed by atoms with van der Waals surface area (Å²) in [5.41, 5.74) is 1.09. The molecule has 0 aliphatic carbocycles. The monoisotopic (exact) mass is 317 g/mol. The normalized spacial score (nSPS) is 17.8. The minimum absolute atomic E-state index is 0.0925. The Morgan fingerprint density at radius 2 is 2.22 bits per heavy atom. The number of nitrogens with zero attached hydrogens (tertiary/aromatic N) is 3. The summed E-state index contributed by atoms with van der Waals surface area (Å²) in [6, 6.07) is 4.60. The van der Waals surface area contributed by atoms with E-state index in [9.17, 15) is 14.7 Å². The van der Waals surface area contributed by atoms with Crippen LogP contribution in [0.1, 0.15) is 23.7 Å². The van der Waals surface area contributed by atoms with Gasteiger partial charge in [-0.15, -0.1) is 0 Å². The minimum Gasteiger partial charge on any atom is -0.478 e. The molecule has 23 heavy (non-hydrogen) atoms. The number of fused-ring (bicyclic) bond motifs is 1. The van der Waals surface area contributed by atoms with Gasteiger partial charge in [0.1, 0.15) is 0 Å². The highest BCUT2D eigenvalue weighted by Crippen LogP contribution is 2.22. The molecule has 1 aromatic heterocycles. The Morgan fingerprint density at radius 3 is 2.83 bits per heavy atom. The van der Waals surface area contributed by atoms with Gasteiger partial charge in [-0.1, -0.05) is 0 Å². The standard InChI is InChI=1S/C16H19N3O4/c1-2-19-13-4-3-11(16(22)23)7-12(13)17-14(15(19)21)18-6-5-10(8-18)9-20/h3-4,7,10,20H,2,5-6,8-9H2,1H3,(H,22,23)/t10-/m0/s1. The summed E-state index contributed by atoms with van der Waals surface area (Å²) in [6.45, 7) is 3.70. The lowest BCUT2D eigenvalue weighted by molar-refractivity contribution is 0.0697. The Balaban J connectivity index is 2.16. The zero-order chi connectivity index (χ0) is 16.6. The number of hydrogen-bond acceptors (Lipinski definition) is 5. The van der Waals surface area contributed by atoms with Crippen LogP contribution in [0.25, 0.3) is 11.0 Å². The molecule has 1 saturated heterocycles. The highest BCUT2D eigenvalue weighted by Gasteiger charge is 2.26. The van der Waals surface area contributed by atoms with E-state index in [-0.39, 0.29) is 23.6 Å². The van der Waals surface area contributed by atoms with Crippen LogP contribution in [-0.2, 0) is 6.54 Å². The van der Waals surface area contributed by atoms with Crippen molar-refractivity contribution in [3.63, 3.8) is 0 Å². The van der Waals surface area contributed by atoms with E-state index in [1.54, 1.807) is 10.6 Å². The zero-order valence-electron chi connectivity index (χ0n) is 12.9. The Labute approximate surface area is 132 Å². The number of rotatable bonds is 4. The Hall–Kier alpha value is -2.41. The van der Waals surface area contributed by atoms with E-state index in [0.29, 0.717) is 36.5 Å².